The Morgan fingerprint density at radius 3 is 2.68 bits per heavy atom. The van der Waals surface area contributed by atoms with Crippen molar-refractivity contribution >= 4 is 33.4 Å². The zero-order valence-corrected chi connectivity index (χ0v) is 13.8. The SMILES string of the molecule is NOO[C@@H](Cc1ccccc1)NC(=O)c1cc(Br)ccc1Cl. The van der Waals surface area contributed by atoms with Gasteiger partial charge in [-0.1, -0.05) is 57.9 Å². The zero-order chi connectivity index (χ0) is 15.9. The quantitative estimate of drug-likeness (QED) is 0.455. The Bertz CT molecular complexity index is 640. The third-order valence-corrected chi connectivity index (χ3v) is 3.72. The molecule has 0 unspecified atom stereocenters. The molecule has 0 aliphatic carbocycles. The Hall–Kier alpha value is -1.44. The van der Waals surface area contributed by atoms with Crippen molar-refractivity contribution in [2.75, 3.05) is 0 Å². The van der Waals surface area contributed by atoms with Crippen LogP contribution in [-0.4, -0.2) is 12.1 Å². The van der Waals surface area contributed by atoms with Crippen LogP contribution < -0.4 is 11.2 Å². The van der Waals surface area contributed by atoms with E-state index in [1.807, 2.05) is 30.3 Å². The van der Waals surface area contributed by atoms with Crippen LogP contribution in [0.5, 0.6) is 0 Å². The molecule has 0 aliphatic rings. The van der Waals surface area contributed by atoms with Crippen LogP contribution in [0, 0.1) is 0 Å². The number of nitrogens with two attached hydrogens (primary N) is 1. The van der Waals surface area contributed by atoms with Crippen LogP contribution >= 0.6 is 27.5 Å². The molecule has 0 bridgehead atoms. The molecule has 0 aromatic heterocycles. The minimum atomic E-state index is -0.741. The molecule has 2 aromatic carbocycles. The van der Waals surface area contributed by atoms with Gasteiger partial charge in [0.1, 0.15) is 0 Å². The van der Waals surface area contributed by atoms with Gasteiger partial charge in [0.2, 0.25) is 0 Å². The lowest BCUT2D eigenvalue weighted by molar-refractivity contribution is -0.332. The van der Waals surface area contributed by atoms with Crippen molar-refractivity contribution in [3.8, 4) is 0 Å². The fourth-order valence-corrected chi connectivity index (χ4v) is 2.46. The van der Waals surface area contributed by atoms with Gasteiger partial charge in [-0.05, 0) is 23.8 Å². The van der Waals surface area contributed by atoms with Crippen molar-refractivity contribution in [2.45, 2.75) is 12.6 Å². The molecule has 3 N–H and O–H groups in total. The van der Waals surface area contributed by atoms with Crippen molar-refractivity contribution in [2.24, 2.45) is 5.90 Å². The topological polar surface area (TPSA) is 73.6 Å². The molecule has 0 fully saturated rings. The first kappa shape index (κ1) is 16.9. The fraction of sp³-hybridized carbons (Fsp3) is 0.133. The Balaban J connectivity index is 2.10. The maximum Gasteiger partial charge on any atom is 0.254 e. The summed E-state index contributed by atoms with van der Waals surface area (Å²) in [5.74, 6) is 4.56. The standard InChI is InChI=1S/C15H14BrClN2O3/c16-11-6-7-13(17)12(9-11)15(20)19-14(21-22-18)8-10-4-2-1-3-5-10/h1-7,9,14H,8,18H2,(H,19,20)/t14-/m0/s1. The molecule has 0 saturated heterocycles. The van der Waals surface area contributed by atoms with Crippen LogP contribution in [-0.2, 0) is 16.3 Å². The molecule has 0 heterocycles. The van der Waals surface area contributed by atoms with E-state index in [1.165, 1.54) is 0 Å². The summed E-state index contributed by atoms with van der Waals surface area (Å²) in [5.41, 5.74) is 1.29. The van der Waals surface area contributed by atoms with Crippen LogP contribution in [0.1, 0.15) is 15.9 Å². The molecule has 1 amide bonds. The summed E-state index contributed by atoms with van der Waals surface area (Å²) >= 11 is 9.33. The molecule has 116 valence electrons. The lowest BCUT2D eigenvalue weighted by Crippen LogP contribution is -2.39. The third kappa shape index (κ3) is 4.79. The number of rotatable bonds is 6. The number of hydrogen-bond donors (Lipinski definition) is 2. The second-order valence-electron chi connectivity index (χ2n) is 4.47. The van der Waals surface area contributed by atoms with Crippen LogP contribution in [0.2, 0.25) is 5.02 Å². The van der Waals surface area contributed by atoms with E-state index in [1.54, 1.807) is 18.2 Å². The first-order chi connectivity index (χ1) is 10.6. The molecule has 0 radical (unpaired) electrons. The number of benzene rings is 2. The highest BCUT2D eigenvalue weighted by molar-refractivity contribution is 9.10. The second-order valence-corrected chi connectivity index (χ2v) is 5.79. The van der Waals surface area contributed by atoms with Crippen molar-refractivity contribution in [3.63, 3.8) is 0 Å². The molecular formula is C15H14BrClN2O3. The van der Waals surface area contributed by atoms with Gasteiger partial charge >= 0.3 is 0 Å². The highest BCUT2D eigenvalue weighted by Crippen LogP contribution is 2.21. The van der Waals surface area contributed by atoms with Crippen LogP contribution in [0.25, 0.3) is 0 Å². The molecule has 1 atom stereocenters. The first-order valence-corrected chi connectivity index (χ1v) is 7.59. The maximum atomic E-state index is 12.3. The Kier molecular flexibility index (Phi) is 6.35. The Labute approximate surface area is 141 Å². The fourth-order valence-electron chi connectivity index (χ4n) is 1.90. The van der Waals surface area contributed by atoms with Gasteiger partial charge in [-0.25, -0.2) is 0 Å². The number of carbonyl (C=O) groups excluding carboxylic acids is 1. The van der Waals surface area contributed by atoms with E-state index in [0.29, 0.717) is 17.0 Å². The molecular weight excluding hydrogens is 372 g/mol. The smallest absolute Gasteiger partial charge is 0.254 e. The number of amides is 1. The number of hydrogen-bond acceptors (Lipinski definition) is 4. The second kappa shape index (κ2) is 8.26. The minimum Gasteiger partial charge on any atom is -0.324 e. The molecule has 2 aromatic rings. The van der Waals surface area contributed by atoms with E-state index < -0.39 is 6.23 Å². The predicted molar refractivity (Wildman–Crippen MR) is 86.9 cm³/mol. The maximum absolute atomic E-state index is 12.3. The van der Waals surface area contributed by atoms with Gasteiger partial charge in [0.25, 0.3) is 5.91 Å². The van der Waals surface area contributed by atoms with E-state index in [2.05, 4.69) is 26.2 Å². The highest BCUT2D eigenvalue weighted by atomic mass is 79.9. The summed E-state index contributed by atoms with van der Waals surface area (Å²) in [5, 5.41) is 3.02. The largest absolute Gasteiger partial charge is 0.324 e. The van der Waals surface area contributed by atoms with E-state index in [0.717, 1.165) is 10.0 Å². The van der Waals surface area contributed by atoms with Crippen molar-refractivity contribution in [1.29, 1.82) is 0 Å². The van der Waals surface area contributed by atoms with Crippen molar-refractivity contribution in [3.05, 3.63) is 69.2 Å². The molecule has 0 aliphatic heterocycles. The molecule has 2 rings (SSSR count). The van der Waals surface area contributed by atoms with Gasteiger partial charge in [0, 0.05) is 10.9 Å². The predicted octanol–water partition coefficient (Wildman–Crippen LogP) is 3.22. The third-order valence-electron chi connectivity index (χ3n) is 2.90. The van der Waals surface area contributed by atoms with E-state index in [4.69, 9.17) is 22.4 Å². The van der Waals surface area contributed by atoms with Crippen molar-refractivity contribution < 1.29 is 14.7 Å². The Morgan fingerprint density at radius 2 is 2.00 bits per heavy atom. The van der Waals surface area contributed by atoms with Gasteiger partial charge in [-0.2, -0.15) is 10.8 Å². The minimum absolute atomic E-state index is 0.328. The van der Waals surface area contributed by atoms with Crippen molar-refractivity contribution in [1.82, 2.24) is 5.32 Å². The van der Waals surface area contributed by atoms with E-state index in [9.17, 15) is 4.79 Å². The monoisotopic (exact) mass is 384 g/mol. The van der Waals surface area contributed by atoms with Gasteiger partial charge in [0.05, 0.1) is 10.6 Å². The van der Waals surface area contributed by atoms with Crippen LogP contribution in [0.15, 0.2) is 53.0 Å². The number of halogens is 2. The number of carbonyl (C=O) groups is 1. The lowest BCUT2D eigenvalue weighted by Gasteiger charge is -2.17. The summed E-state index contributed by atoms with van der Waals surface area (Å²) in [6.07, 6.45) is -0.343. The summed E-state index contributed by atoms with van der Waals surface area (Å²) in [7, 11) is 0. The van der Waals surface area contributed by atoms with Crippen LogP contribution in [0.4, 0.5) is 0 Å². The molecule has 5 nitrogen and oxygen atoms in total. The van der Waals surface area contributed by atoms with Gasteiger partial charge in [0.15, 0.2) is 6.23 Å². The van der Waals surface area contributed by atoms with E-state index in [-0.39, 0.29) is 5.91 Å². The summed E-state index contributed by atoms with van der Waals surface area (Å²) in [6.45, 7) is 0. The van der Waals surface area contributed by atoms with Gasteiger partial charge in [-0.15, -0.1) is 4.99 Å². The van der Waals surface area contributed by atoms with Gasteiger partial charge in [-0.3, -0.25) is 4.79 Å². The number of nitrogens with one attached hydrogen (secondary N) is 1. The van der Waals surface area contributed by atoms with E-state index >= 15 is 0 Å². The van der Waals surface area contributed by atoms with Gasteiger partial charge < -0.3 is 5.32 Å². The molecule has 22 heavy (non-hydrogen) atoms. The first-order valence-electron chi connectivity index (χ1n) is 6.42. The summed E-state index contributed by atoms with van der Waals surface area (Å²) in [4.78, 5) is 21.4. The summed E-state index contributed by atoms with van der Waals surface area (Å²) in [6, 6.07) is 14.5. The molecule has 7 heteroatoms. The lowest BCUT2D eigenvalue weighted by atomic mass is 10.1. The zero-order valence-electron chi connectivity index (χ0n) is 11.5. The highest BCUT2D eigenvalue weighted by Gasteiger charge is 2.18. The molecule has 0 saturated carbocycles. The normalized spacial score (nSPS) is 12.0. The molecule has 0 spiro atoms. The summed E-state index contributed by atoms with van der Waals surface area (Å²) < 4.78 is 0.748. The average molecular weight is 386 g/mol. The average Bonchev–Trinajstić information content (AvgIpc) is 2.51. The Morgan fingerprint density at radius 1 is 1.27 bits per heavy atom. The van der Waals surface area contributed by atoms with Crippen LogP contribution in [0.3, 0.4) is 0 Å².